The predicted molar refractivity (Wildman–Crippen MR) is 51.2 cm³/mol. The molecule has 13 heavy (non-hydrogen) atoms. The van der Waals surface area contributed by atoms with E-state index in [4.69, 9.17) is 5.73 Å². The summed E-state index contributed by atoms with van der Waals surface area (Å²) in [7, 11) is 0. The van der Waals surface area contributed by atoms with Crippen molar-refractivity contribution in [2.45, 2.75) is 44.6 Å². The zero-order valence-corrected chi connectivity index (χ0v) is 7.82. The Morgan fingerprint density at radius 3 is 2.46 bits per heavy atom. The van der Waals surface area contributed by atoms with E-state index < -0.39 is 0 Å². The lowest BCUT2D eigenvalue weighted by Gasteiger charge is -2.14. The van der Waals surface area contributed by atoms with Crippen molar-refractivity contribution in [3.8, 4) is 0 Å². The summed E-state index contributed by atoms with van der Waals surface area (Å²) in [6.45, 7) is 0. The molecule has 1 aliphatic carbocycles. The highest BCUT2D eigenvalue weighted by molar-refractivity contribution is 5.22. The highest BCUT2D eigenvalue weighted by atomic mass is 15.5. The average Bonchev–Trinajstić information content (AvgIpc) is 2.43. The Bertz CT molecular complexity index is 260. The molecule has 4 nitrogen and oxygen atoms in total. The molecule has 1 heterocycles. The molecule has 0 radical (unpaired) electrons. The normalized spacial score (nSPS) is 20.0. The Labute approximate surface area is 78.1 Å². The second-order valence-electron chi connectivity index (χ2n) is 3.75. The lowest BCUT2D eigenvalue weighted by Crippen LogP contribution is -2.12. The molecule has 72 valence electrons. The van der Waals surface area contributed by atoms with Gasteiger partial charge in [-0.1, -0.05) is 30.9 Å². The molecule has 1 aliphatic rings. The zero-order chi connectivity index (χ0) is 9.10. The van der Waals surface area contributed by atoms with E-state index in [0.29, 0.717) is 11.9 Å². The molecule has 0 aromatic carbocycles. The van der Waals surface area contributed by atoms with Crippen molar-refractivity contribution in [2.24, 2.45) is 0 Å². The highest BCUT2D eigenvalue weighted by Gasteiger charge is 2.16. The van der Waals surface area contributed by atoms with Gasteiger partial charge in [-0.2, -0.15) is 0 Å². The molecule has 0 amide bonds. The number of hydrogen-bond donors (Lipinski definition) is 1. The summed E-state index contributed by atoms with van der Waals surface area (Å²) < 4.78 is 1.88. The van der Waals surface area contributed by atoms with Gasteiger partial charge in [0.05, 0.1) is 12.2 Å². The molecule has 4 heteroatoms. The Morgan fingerprint density at radius 2 is 1.92 bits per heavy atom. The van der Waals surface area contributed by atoms with Crippen LogP contribution in [0, 0.1) is 0 Å². The standard InChI is InChI=1S/C9H16N4/c10-9-7-11-12-13(9)8-5-3-1-2-4-6-8/h7-8H,1-6,10H2. The number of nitrogen functional groups attached to an aromatic ring is 1. The van der Waals surface area contributed by atoms with Gasteiger partial charge in [0.2, 0.25) is 0 Å². The molecular weight excluding hydrogens is 164 g/mol. The van der Waals surface area contributed by atoms with E-state index in [1.54, 1.807) is 6.20 Å². The number of nitrogens with two attached hydrogens (primary N) is 1. The molecule has 0 atom stereocenters. The van der Waals surface area contributed by atoms with Crippen LogP contribution in [0.3, 0.4) is 0 Å². The Balaban J connectivity index is 2.10. The molecular formula is C9H16N4. The molecule has 1 fully saturated rings. The van der Waals surface area contributed by atoms with Crippen LogP contribution in [0.15, 0.2) is 6.20 Å². The Hall–Kier alpha value is -1.06. The van der Waals surface area contributed by atoms with E-state index in [9.17, 15) is 0 Å². The maximum Gasteiger partial charge on any atom is 0.142 e. The molecule has 0 bridgehead atoms. The van der Waals surface area contributed by atoms with Crippen LogP contribution < -0.4 is 5.73 Å². The van der Waals surface area contributed by atoms with Crippen LogP contribution in [0.1, 0.15) is 44.6 Å². The van der Waals surface area contributed by atoms with Crippen molar-refractivity contribution in [3.63, 3.8) is 0 Å². The third-order valence-corrected chi connectivity index (χ3v) is 2.77. The summed E-state index contributed by atoms with van der Waals surface area (Å²) in [5.41, 5.74) is 5.76. The van der Waals surface area contributed by atoms with Crippen LogP contribution in [0.5, 0.6) is 0 Å². The van der Waals surface area contributed by atoms with Gasteiger partial charge in [0.1, 0.15) is 5.82 Å². The first-order chi connectivity index (χ1) is 6.38. The average molecular weight is 180 g/mol. The van der Waals surface area contributed by atoms with Gasteiger partial charge < -0.3 is 5.73 Å². The topological polar surface area (TPSA) is 56.7 Å². The largest absolute Gasteiger partial charge is 0.383 e. The van der Waals surface area contributed by atoms with Crippen LogP contribution >= 0.6 is 0 Å². The molecule has 2 N–H and O–H groups in total. The number of hydrogen-bond acceptors (Lipinski definition) is 3. The van der Waals surface area contributed by atoms with E-state index in [-0.39, 0.29) is 0 Å². The maximum absolute atomic E-state index is 5.76. The van der Waals surface area contributed by atoms with E-state index in [1.807, 2.05) is 4.68 Å². The van der Waals surface area contributed by atoms with Gasteiger partial charge in [-0.25, -0.2) is 4.68 Å². The van der Waals surface area contributed by atoms with E-state index in [2.05, 4.69) is 10.3 Å². The summed E-state index contributed by atoms with van der Waals surface area (Å²) in [6, 6.07) is 0.491. The summed E-state index contributed by atoms with van der Waals surface area (Å²) in [6.07, 6.45) is 9.33. The van der Waals surface area contributed by atoms with Crippen LogP contribution in [0.25, 0.3) is 0 Å². The van der Waals surface area contributed by atoms with Crippen molar-refractivity contribution < 1.29 is 0 Å². The number of anilines is 1. The molecule has 0 saturated heterocycles. The Morgan fingerprint density at radius 1 is 1.23 bits per heavy atom. The first kappa shape index (κ1) is 8.53. The minimum atomic E-state index is 0.491. The molecule has 0 spiro atoms. The molecule has 1 aromatic rings. The van der Waals surface area contributed by atoms with E-state index >= 15 is 0 Å². The number of aromatic nitrogens is 3. The van der Waals surface area contributed by atoms with Crippen LogP contribution in [0.4, 0.5) is 5.82 Å². The van der Waals surface area contributed by atoms with Crippen molar-refractivity contribution in [1.29, 1.82) is 0 Å². The molecule has 0 unspecified atom stereocenters. The first-order valence-corrected chi connectivity index (χ1v) is 5.03. The summed E-state index contributed by atoms with van der Waals surface area (Å²) in [5, 5.41) is 7.84. The quantitative estimate of drug-likeness (QED) is 0.670. The van der Waals surface area contributed by atoms with E-state index in [1.165, 1.54) is 38.5 Å². The fraction of sp³-hybridized carbons (Fsp3) is 0.778. The predicted octanol–water partition coefficient (Wildman–Crippen LogP) is 1.76. The molecule has 1 aromatic heterocycles. The minimum Gasteiger partial charge on any atom is -0.383 e. The fourth-order valence-corrected chi connectivity index (χ4v) is 2.04. The van der Waals surface area contributed by atoms with Crippen molar-refractivity contribution in [1.82, 2.24) is 15.0 Å². The summed E-state index contributed by atoms with van der Waals surface area (Å²) in [5.74, 6) is 0.701. The van der Waals surface area contributed by atoms with Crippen molar-refractivity contribution in [2.75, 3.05) is 5.73 Å². The second-order valence-corrected chi connectivity index (χ2v) is 3.75. The van der Waals surface area contributed by atoms with Gasteiger partial charge >= 0.3 is 0 Å². The van der Waals surface area contributed by atoms with Crippen LogP contribution in [0.2, 0.25) is 0 Å². The molecule has 2 rings (SSSR count). The van der Waals surface area contributed by atoms with Gasteiger partial charge in [-0.3, -0.25) is 0 Å². The van der Waals surface area contributed by atoms with Gasteiger partial charge in [-0.05, 0) is 12.8 Å². The number of nitrogens with zero attached hydrogens (tertiary/aromatic N) is 3. The zero-order valence-electron chi connectivity index (χ0n) is 7.82. The number of rotatable bonds is 1. The van der Waals surface area contributed by atoms with Crippen molar-refractivity contribution in [3.05, 3.63) is 6.20 Å². The minimum absolute atomic E-state index is 0.491. The Kier molecular flexibility index (Phi) is 2.47. The SMILES string of the molecule is Nc1cnnn1C1CCCCCC1. The molecule has 1 saturated carbocycles. The first-order valence-electron chi connectivity index (χ1n) is 5.03. The summed E-state index contributed by atoms with van der Waals surface area (Å²) >= 11 is 0. The second kappa shape index (κ2) is 3.77. The third-order valence-electron chi connectivity index (χ3n) is 2.77. The molecule has 0 aliphatic heterocycles. The lowest BCUT2D eigenvalue weighted by atomic mass is 10.1. The smallest absolute Gasteiger partial charge is 0.142 e. The summed E-state index contributed by atoms with van der Waals surface area (Å²) in [4.78, 5) is 0. The van der Waals surface area contributed by atoms with Gasteiger partial charge in [-0.15, -0.1) is 5.10 Å². The van der Waals surface area contributed by atoms with Crippen LogP contribution in [-0.2, 0) is 0 Å². The third kappa shape index (κ3) is 1.82. The lowest BCUT2D eigenvalue weighted by molar-refractivity contribution is 0.401. The highest BCUT2D eigenvalue weighted by Crippen LogP contribution is 2.27. The fourth-order valence-electron chi connectivity index (χ4n) is 2.04. The monoisotopic (exact) mass is 180 g/mol. The van der Waals surface area contributed by atoms with E-state index in [0.717, 1.165) is 0 Å². The van der Waals surface area contributed by atoms with Crippen molar-refractivity contribution >= 4 is 5.82 Å². The van der Waals surface area contributed by atoms with Crippen LogP contribution in [-0.4, -0.2) is 15.0 Å². The van der Waals surface area contributed by atoms with Gasteiger partial charge in [0, 0.05) is 0 Å². The van der Waals surface area contributed by atoms with Gasteiger partial charge in [0.15, 0.2) is 0 Å². The maximum atomic E-state index is 5.76. The van der Waals surface area contributed by atoms with Gasteiger partial charge in [0.25, 0.3) is 0 Å².